The van der Waals surface area contributed by atoms with Crippen LogP contribution in [-0.2, 0) is 94.2 Å². The summed E-state index contributed by atoms with van der Waals surface area (Å²) in [6, 6.07) is 0. The molecule has 0 aromatic rings. The van der Waals surface area contributed by atoms with Gasteiger partial charge in [0.2, 0.25) is 0 Å². The molecule has 26 heavy (non-hydrogen) atoms. The van der Waals surface area contributed by atoms with Gasteiger partial charge in [0, 0.05) is 35.8 Å². The van der Waals surface area contributed by atoms with Crippen LogP contribution in [-0.4, -0.2) is 35.8 Å². The smallest absolute Gasteiger partial charge is 0.550 e. The molecule has 0 saturated carbocycles. The Kier molecular flexibility index (Phi) is 84.2. The maximum Gasteiger partial charge on any atom is 3.00 e. The van der Waals surface area contributed by atoms with Crippen molar-refractivity contribution in [1.82, 2.24) is 0 Å². The van der Waals surface area contributed by atoms with Gasteiger partial charge in [0.05, 0.1) is 0 Å². The third kappa shape index (κ3) is 11800. The molecule has 0 aliphatic carbocycles. The average molecular weight is 532 g/mol. The van der Waals surface area contributed by atoms with Gasteiger partial charge in [0.1, 0.15) is 0 Å². The van der Waals surface area contributed by atoms with E-state index in [-0.39, 0.29) is 65.4 Å². The van der Waals surface area contributed by atoms with Gasteiger partial charge in [-0.3, -0.25) is 0 Å². The monoisotopic (exact) mass is 532 g/mol. The van der Waals surface area contributed by atoms with E-state index in [2.05, 4.69) is 0 Å². The summed E-state index contributed by atoms with van der Waals surface area (Å²) in [5, 5.41) is 53.3. The predicted molar refractivity (Wildman–Crippen MR) is 64.1 cm³/mol. The SMILES string of the molecule is CC(=O)[O-].CC(=O)[O-].CC(=O)[O-].CC(=O)[O-].CC(=O)[O-].CC(=O)[O-].[Y+3].[Y+3]. The van der Waals surface area contributed by atoms with Crippen molar-refractivity contribution in [2.75, 3.05) is 0 Å². The van der Waals surface area contributed by atoms with Crippen molar-refractivity contribution in [1.29, 1.82) is 0 Å². The molecule has 0 radical (unpaired) electrons. The molecule has 0 aliphatic heterocycles. The van der Waals surface area contributed by atoms with E-state index in [1.54, 1.807) is 0 Å². The second-order valence-electron chi connectivity index (χ2n) is 2.95. The summed E-state index contributed by atoms with van der Waals surface area (Å²) in [5.41, 5.74) is 0. The molecule has 0 atom stereocenters. The second-order valence-corrected chi connectivity index (χ2v) is 2.95. The number of hydrogen-bond acceptors (Lipinski definition) is 12. The van der Waals surface area contributed by atoms with Gasteiger partial charge >= 0.3 is 65.4 Å². The zero-order valence-corrected chi connectivity index (χ0v) is 20.7. The van der Waals surface area contributed by atoms with Crippen LogP contribution in [0.15, 0.2) is 0 Å². The molecule has 0 unspecified atom stereocenters. The van der Waals surface area contributed by atoms with Crippen LogP contribution < -0.4 is 30.6 Å². The zero-order chi connectivity index (χ0) is 21.5. The minimum absolute atomic E-state index is 0. The Labute approximate surface area is 200 Å². The standard InChI is InChI=1S/6C2H4O2.2Y/c6*1-2(3)4;;/h6*1H3,(H,3,4);;/q;;;;;;2*+3/p-6. The Hall–Kier alpha value is -0.972. The van der Waals surface area contributed by atoms with Crippen LogP contribution in [0.5, 0.6) is 0 Å². The van der Waals surface area contributed by atoms with Crippen LogP contribution >= 0.6 is 0 Å². The van der Waals surface area contributed by atoms with E-state index in [1.807, 2.05) is 0 Å². The van der Waals surface area contributed by atoms with Crippen LogP contribution in [0, 0.1) is 0 Å². The maximum absolute atomic E-state index is 8.89. The second kappa shape index (κ2) is 43.9. The van der Waals surface area contributed by atoms with E-state index >= 15 is 0 Å². The fourth-order valence-electron chi connectivity index (χ4n) is 0. The van der Waals surface area contributed by atoms with Crippen molar-refractivity contribution in [2.45, 2.75) is 41.5 Å². The molecule has 0 bridgehead atoms. The molecule has 14 heteroatoms. The van der Waals surface area contributed by atoms with Gasteiger partial charge in [-0.2, -0.15) is 0 Å². The number of carboxylic acids is 6. The predicted octanol–water partition coefficient (Wildman–Crippen LogP) is -7.47. The van der Waals surface area contributed by atoms with E-state index in [1.165, 1.54) is 0 Å². The summed E-state index contributed by atoms with van der Waals surface area (Å²) >= 11 is 0. The van der Waals surface area contributed by atoms with Crippen LogP contribution in [0.4, 0.5) is 0 Å². The van der Waals surface area contributed by atoms with Gasteiger partial charge in [-0.1, -0.05) is 0 Å². The third-order valence-electron chi connectivity index (χ3n) is 0. The number of rotatable bonds is 0. The summed E-state index contributed by atoms with van der Waals surface area (Å²) in [4.78, 5) is 53.3. The Bertz CT molecular complexity index is 265. The van der Waals surface area contributed by atoms with Crippen molar-refractivity contribution < 1.29 is 125 Å². The van der Waals surface area contributed by atoms with Gasteiger partial charge in [0.15, 0.2) is 0 Å². The topological polar surface area (TPSA) is 241 Å². The van der Waals surface area contributed by atoms with E-state index in [0.29, 0.717) is 0 Å². The Morgan fingerprint density at radius 2 is 0.346 bits per heavy atom. The molecule has 0 saturated heterocycles. The first-order valence-corrected chi connectivity index (χ1v) is 5.45. The largest absolute Gasteiger partial charge is 3.00 e. The molecule has 0 rings (SSSR count). The summed E-state index contributed by atoms with van der Waals surface area (Å²) < 4.78 is 0. The summed E-state index contributed by atoms with van der Waals surface area (Å²) in [5.74, 6) is -6.50. The number of carbonyl (C=O) groups excluding carboxylic acids is 6. The van der Waals surface area contributed by atoms with Gasteiger partial charge in [-0.25, -0.2) is 0 Å². The van der Waals surface area contributed by atoms with Crippen LogP contribution in [0.3, 0.4) is 0 Å². The Morgan fingerprint density at radius 3 is 0.346 bits per heavy atom. The Balaban J connectivity index is -0.0000000245. The number of carbonyl (C=O) groups is 6. The average Bonchev–Trinajstić information content (AvgIpc) is 2.08. The first-order valence-electron chi connectivity index (χ1n) is 5.45. The molecule has 0 aliphatic rings. The van der Waals surface area contributed by atoms with Crippen molar-refractivity contribution in [2.24, 2.45) is 0 Å². The van der Waals surface area contributed by atoms with E-state index in [4.69, 9.17) is 59.4 Å². The van der Waals surface area contributed by atoms with Gasteiger partial charge < -0.3 is 59.4 Å². The summed E-state index contributed by atoms with van der Waals surface area (Å²) in [7, 11) is 0. The molecule has 0 N–H and O–H groups in total. The molecular formula is C12H18O12Y2. The Morgan fingerprint density at radius 1 is 0.346 bits per heavy atom. The third-order valence-corrected chi connectivity index (χ3v) is 0. The van der Waals surface area contributed by atoms with Crippen LogP contribution in [0.2, 0.25) is 0 Å². The quantitative estimate of drug-likeness (QED) is 0.283. The molecule has 0 heterocycles. The fourth-order valence-corrected chi connectivity index (χ4v) is 0. The van der Waals surface area contributed by atoms with Crippen molar-refractivity contribution in [3.05, 3.63) is 0 Å². The molecule has 0 aromatic heterocycles. The molecule has 0 spiro atoms. The molecule has 0 amide bonds. The number of aliphatic carboxylic acids is 6. The van der Waals surface area contributed by atoms with E-state index < -0.39 is 35.8 Å². The first kappa shape index (κ1) is 49.8. The zero-order valence-electron chi connectivity index (χ0n) is 15.1. The number of hydrogen-bond donors (Lipinski definition) is 0. The van der Waals surface area contributed by atoms with E-state index in [0.717, 1.165) is 41.5 Å². The fraction of sp³-hybridized carbons (Fsp3) is 0.500. The minimum Gasteiger partial charge on any atom is -0.550 e. The summed E-state index contributed by atoms with van der Waals surface area (Å²) in [6.07, 6.45) is 0. The molecule has 12 nitrogen and oxygen atoms in total. The van der Waals surface area contributed by atoms with Gasteiger partial charge in [0.25, 0.3) is 0 Å². The summed E-state index contributed by atoms with van der Waals surface area (Å²) in [6.45, 7) is 5.83. The van der Waals surface area contributed by atoms with Crippen molar-refractivity contribution in [3.63, 3.8) is 0 Å². The molecule has 0 aromatic carbocycles. The van der Waals surface area contributed by atoms with Crippen LogP contribution in [0.25, 0.3) is 0 Å². The number of carboxylic acid groups (broad SMARTS) is 6. The van der Waals surface area contributed by atoms with Crippen LogP contribution in [0.1, 0.15) is 41.5 Å². The molecule has 144 valence electrons. The molecule has 0 fully saturated rings. The van der Waals surface area contributed by atoms with E-state index in [9.17, 15) is 0 Å². The van der Waals surface area contributed by atoms with Crippen molar-refractivity contribution >= 4 is 35.8 Å². The molecular weight excluding hydrogens is 514 g/mol. The maximum atomic E-state index is 8.89. The first-order chi connectivity index (χ1) is 10.4. The van der Waals surface area contributed by atoms with Gasteiger partial charge in [-0.15, -0.1) is 0 Å². The van der Waals surface area contributed by atoms with Gasteiger partial charge in [-0.05, 0) is 41.5 Å². The normalized spacial score (nSPS) is 5.77. The minimum atomic E-state index is -1.08. The van der Waals surface area contributed by atoms with Crippen molar-refractivity contribution in [3.8, 4) is 0 Å².